The predicted molar refractivity (Wildman–Crippen MR) is 64.1 cm³/mol. The Morgan fingerprint density at radius 3 is 2.60 bits per heavy atom. The highest BCUT2D eigenvalue weighted by Gasteiger charge is 2.41. The van der Waals surface area contributed by atoms with Crippen LogP contribution in [0.15, 0.2) is 22.8 Å². The number of aryl methyl sites for hydroxylation is 1. The number of Topliss-reactive ketones (excluding diaryl/α,β-unsaturated/α-hetero) is 1. The number of alkyl halides is 3. The Bertz CT molecular complexity index is 681. The van der Waals surface area contributed by atoms with Crippen molar-refractivity contribution >= 4 is 21.7 Å². The molecule has 9 heteroatoms. The molecule has 2 rings (SSSR count). The van der Waals surface area contributed by atoms with Crippen LogP contribution in [0.1, 0.15) is 16.1 Å². The lowest BCUT2D eigenvalue weighted by Gasteiger charge is -2.06. The van der Waals surface area contributed by atoms with Crippen molar-refractivity contribution in [3.05, 3.63) is 39.9 Å². The second kappa shape index (κ2) is 4.97. The molecule has 0 bridgehead atoms. The molecule has 2 aromatic rings. The summed E-state index contributed by atoms with van der Waals surface area (Å²) in [6, 6.07) is 2.52. The van der Waals surface area contributed by atoms with Gasteiger partial charge in [-0.15, -0.1) is 5.10 Å². The highest BCUT2D eigenvalue weighted by Crippen LogP contribution is 2.24. The fraction of sp³-hybridized carbons (Fsp3) is 0.182. The van der Waals surface area contributed by atoms with Gasteiger partial charge >= 0.3 is 6.18 Å². The smallest absolute Gasteiger partial charge is 0.282 e. The Labute approximate surface area is 118 Å². The second-order valence-corrected chi connectivity index (χ2v) is 4.78. The van der Waals surface area contributed by atoms with E-state index in [9.17, 15) is 22.4 Å². The topological polar surface area (TPSA) is 47.8 Å². The van der Waals surface area contributed by atoms with Gasteiger partial charge in [-0.2, -0.15) is 13.2 Å². The molecule has 0 saturated heterocycles. The minimum atomic E-state index is -5.03. The minimum absolute atomic E-state index is 0.194. The standard InChI is InChI=1S/C11H6BrF4N3O/c1-5-2-6(12)7(13)3-9(5)19-4-8(17-18-19)10(20)11(14,15)16/h2-4H,1H3. The zero-order valence-electron chi connectivity index (χ0n) is 9.87. The molecular formula is C11H6BrF4N3O. The van der Waals surface area contributed by atoms with E-state index < -0.39 is 23.5 Å². The van der Waals surface area contributed by atoms with Crippen LogP contribution in [0.2, 0.25) is 0 Å². The van der Waals surface area contributed by atoms with Crippen LogP contribution in [0.25, 0.3) is 5.69 Å². The molecule has 1 heterocycles. The first-order valence-electron chi connectivity index (χ1n) is 5.20. The first-order valence-corrected chi connectivity index (χ1v) is 5.99. The molecule has 1 aromatic heterocycles. The Morgan fingerprint density at radius 1 is 1.35 bits per heavy atom. The third kappa shape index (κ3) is 2.72. The summed E-state index contributed by atoms with van der Waals surface area (Å²) in [4.78, 5) is 11.0. The van der Waals surface area contributed by atoms with E-state index in [1.54, 1.807) is 6.92 Å². The highest BCUT2D eigenvalue weighted by molar-refractivity contribution is 9.10. The molecule has 0 atom stereocenters. The number of aromatic nitrogens is 3. The van der Waals surface area contributed by atoms with Gasteiger partial charge in [0.1, 0.15) is 5.82 Å². The molecule has 4 nitrogen and oxygen atoms in total. The minimum Gasteiger partial charge on any atom is -0.282 e. The maximum absolute atomic E-state index is 13.4. The van der Waals surface area contributed by atoms with E-state index in [1.165, 1.54) is 6.07 Å². The predicted octanol–water partition coefficient (Wildman–Crippen LogP) is 3.22. The molecule has 0 fully saturated rings. The van der Waals surface area contributed by atoms with Crippen LogP contribution in [0, 0.1) is 12.7 Å². The average Bonchev–Trinajstić information content (AvgIpc) is 2.80. The Kier molecular flexibility index (Phi) is 3.63. The first-order chi connectivity index (χ1) is 9.20. The number of carbonyl (C=O) groups is 1. The van der Waals surface area contributed by atoms with Crippen molar-refractivity contribution in [2.45, 2.75) is 13.1 Å². The van der Waals surface area contributed by atoms with E-state index in [1.807, 2.05) is 0 Å². The first kappa shape index (κ1) is 14.6. The van der Waals surface area contributed by atoms with Crippen LogP contribution in [-0.2, 0) is 0 Å². The molecule has 0 amide bonds. The lowest BCUT2D eigenvalue weighted by molar-refractivity contribution is -0.0888. The molecule has 0 spiro atoms. The molecule has 0 saturated carbocycles. The highest BCUT2D eigenvalue weighted by atomic mass is 79.9. The number of ketones is 1. The van der Waals surface area contributed by atoms with Crippen molar-refractivity contribution in [3.63, 3.8) is 0 Å². The maximum atomic E-state index is 13.4. The molecule has 0 N–H and O–H groups in total. The van der Waals surface area contributed by atoms with Crippen molar-refractivity contribution in [1.82, 2.24) is 15.0 Å². The summed E-state index contributed by atoms with van der Waals surface area (Å²) in [6.45, 7) is 1.62. The fourth-order valence-corrected chi connectivity index (χ4v) is 1.97. The van der Waals surface area contributed by atoms with Gasteiger partial charge in [-0.1, -0.05) is 5.21 Å². The third-order valence-corrected chi connectivity index (χ3v) is 3.08. The van der Waals surface area contributed by atoms with E-state index in [-0.39, 0.29) is 10.2 Å². The van der Waals surface area contributed by atoms with Gasteiger partial charge in [-0.3, -0.25) is 4.79 Å². The van der Waals surface area contributed by atoms with Crippen molar-refractivity contribution in [2.75, 3.05) is 0 Å². The Hall–Kier alpha value is -1.77. The van der Waals surface area contributed by atoms with Crippen LogP contribution in [0.4, 0.5) is 17.6 Å². The zero-order chi connectivity index (χ0) is 15.1. The van der Waals surface area contributed by atoms with Crippen LogP contribution in [0.3, 0.4) is 0 Å². The Morgan fingerprint density at radius 2 is 2.00 bits per heavy atom. The molecule has 0 aliphatic rings. The zero-order valence-corrected chi connectivity index (χ0v) is 11.5. The van der Waals surface area contributed by atoms with Crippen LogP contribution in [-0.4, -0.2) is 27.0 Å². The molecule has 0 unspecified atom stereocenters. The number of halogens is 5. The number of hydrogen-bond donors (Lipinski definition) is 0. The fourth-order valence-electron chi connectivity index (χ4n) is 1.51. The van der Waals surface area contributed by atoms with Crippen molar-refractivity contribution in [3.8, 4) is 5.69 Å². The van der Waals surface area contributed by atoms with Crippen molar-refractivity contribution in [2.24, 2.45) is 0 Å². The van der Waals surface area contributed by atoms with E-state index in [0.29, 0.717) is 5.56 Å². The van der Waals surface area contributed by atoms with E-state index in [0.717, 1.165) is 16.9 Å². The molecule has 1 aromatic carbocycles. The summed E-state index contributed by atoms with van der Waals surface area (Å²) in [5, 5.41) is 6.58. The molecule has 0 aliphatic carbocycles. The largest absolute Gasteiger partial charge is 0.456 e. The number of carbonyl (C=O) groups excluding carboxylic acids is 1. The van der Waals surface area contributed by atoms with Crippen LogP contribution in [0.5, 0.6) is 0 Å². The number of benzene rings is 1. The molecule has 0 aliphatic heterocycles. The van der Waals surface area contributed by atoms with E-state index in [4.69, 9.17) is 0 Å². The summed E-state index contributed by atoms with van der Waals surface area (Å²) in [6.07, 6.45) is -4.22. The van der Waals surface area contributed by atoms with Crippen LogP contribution < -0.4 is 0 Å². The van der Waals surface area contributed by atoms with Crippen molar-refractivity contribution < 1.29 is 22.4 Å². The molecular weight excluding hydrogens is 346 g/mol. The van der Waals surface area contributed by atoms with Gasteiger partial charge in [0, 0.05) is 6.07 Å². The summed E-state index contributed by atoms with van der Waals surface area (Å²) in [7, 11) is 0. The lowest BCUT2D eigenvalue weighted by Crippen LogP contribution is -2.23. The lowest BCUT2D eigenvalue weighted by atomic mass is 10.2. The second-order valence-electron chi connectivity index (χ2n) is 3.93. The Balaban J connectivity index is 2.44. The summed E-state index contributed by atoms with van der Waals surface area (Å²) >= 11 is 2.98. The van der Waals surface area contributed by atoms with Crippen molar-refractivity contribution in [1.29, 1.82) is 0 Å². The molecule has 0 radical (unpaired) electrons. The van der Waals surface area contributed by atoms with Gasteiger partial charge < -0.3 is 0 Å². The number of hydrogen-bond acceptors (Lipinski definition) is 3. The summed E-state index contributed by atoms with van der Waals surface area (Å²) < 4.78 is 51.3. The normalized spacial score (nSPS) is 11.7. The van der Waals surface area contributed by atoms with Crippen LogP contribution >= 0.6 is 15.9 Å². The van der Waals surface area contributed by atoms with Gasteiger partial charge in [-0.25, -0.2) is 9.07 Å². The van der Waals surface area contributed by atoms with E-state index in [2.05, 4.69) is 26.2 Å². The maximum Gasteiger partial charge on any atom is 0.456 e. The average molecular weight is 352 g/mol. The molecule has 106 valence electrons. The van der Waals surface area contributed by atoms with Gasteiger partial charge in [0.15, 0.2) is 5.69 Å². The third-order valence-electron chi connectivity index (χ3n) is 2.47. The quantitative estimate of drug-likeness (QED) is 0.616. The number of rotatable bonds is 2. The monoisotopic (exact) mass is 351 g/mol. The summed E-state index contributed by atoms with van der Waals surface area (Å²) in [5.74, 6) is -2.70. The van der Waals surface area contributed by atoms with Gasteiger partial charge in [0.25, 0.3) is 5.78 Å². The van der Waals surface area contributed by atoms with E-state index >= 15 is 0 Å². The number of nitrogens with zero attached hydrogens (tertiary/aromatic N) is 3. The summed E-state index contributed by atoms with van der Waals surface area (Å²) in [5.41, 5.74) is -0.103. The van der Waals surface area contributed by atoms with Gasteiger partial charge in [0.05, 0.1) is 16.4 Å². The molecule has 20 heavy (non-hydrogen) atoms. The van der Waals surface area contributed by atoms with Gasteiger partial charge in [-0.05, 0) is 34.5 Å². The van der Waals surface area contributed by atoms with Gasteiger partial charge in [0.2, 0.25) is 0 Å². The SMILES string of the molecule is Cc1cc(Br)c(F)cc1-n1cc(C(=O)C(F)(F)F)nn1.